The molecule has 1 aliphatic rings. The van der Waals surface area contributed by atoms with E-state index in [9.17, 15) is 0 Å². The molecule has 0 spiro atoms. The third-order valence-corrected chi connectivity index (χ3v) is 0.744. The normalized spacial score (nSPS) is 20.0. The van der Waals surface area contributed by atoms with Crippen molar-refractivity contribution < 1.29 is 9.47 Å². The van der Waals surface area contributed by atoms with E-state index >= 15 is 0 Å². The second-order valence-corrected chi connectivity index (χ2v) is 22.4. The summed E-state index contributed by atoms with van der Waals surface area (Å²) in [6.45, 7) is 3.11. The Morgan fingerprint density at radius 3 is 1.00 bits per heavy atom. The quantitative estimate of drug-likeness (QED) is 0.620. The molecule has 1 heterocycles. The van der Waals surface area contributed by atoms with E-state index in [2.05, 4.69) is 0 Å². The van der Waals surface area contributed by atoms with Crippen molar-refractivity contribution in [1.29, 1.82) is 0 Å². The monoisotopic (exact) mass is 358 g/mol. The molecule has 1 aliphatic heterocycles. The van der Waals surface area contributed by atoms with Crippen molar-refractivity contribution in [3.05, 3.63) is 0 Å². The van der Waals surface area contributed by atoms with Crippen molar-refractivity contribution >= 4 is 49.6 Å². The van der Waals surface area contributed by atoms with Gasteiger partial charge in [-0.1, -0.05) is 0 Å². The van der Waals surface area contributed by atoms with Gasteiger partial charge in [-0.15, -0.1) is 0 Å². The molecule has 1 saturated heterocycles. The predicted molar refractivity (Wildman–Crippen MR) is 50.8 cm³/mol. The molecule has 11 heavy (non-hydrogen) atoms. The summed E-state index contributed by atoms with van der Waals surface area (Å²) in [6, 6.07) is 0. The van der Waals surface area contributed by atoms with Crippen LogP contribution in [-0.4, -0.2) is 40.1 Å². The van der Waals surface area contributed by atoms with Crippen molar-refractivity contribution in [2.75, 3.05) is 26.4 Å². The molecule has 0 N–H and O–H groups in total. The summed E-state index contributed by atoms with van der Waals surface area (Å²) in [5.74, 6) is 0. The van der Waals surface area contributed by atoms with Crippen LogP contribution in [0.15, 0.2) is 0 Å². The molecule has 0 unspecified atom stereocenters. The molecule has 70 valence electrons. The maximum absolute atomic E-state index is 5.02. The molecule has 0 aromatic carbocycles. The molecule has 2 nitrogen and oxygen atoms in total. The molecular formula is C4H8Cl4O2Te. The molecule has 0 atom stereocenters. The van der Waals surface area contributed by atoms with Crippen LogP contribution in [0.3, 0.4) is 0 Å². The molecule has 0 radical (unpaired) electrons. The Kier molecular flexibility index (Phi) is 8.53. The Balaban J connectivity index is 0.000000187. The zero-order valence-electron chi connectivity index (χ0n) is 5.57. The van der Waals surface area contributed by atoms with Crippen LogP contribution in [-0.2, 0) is 9.47 Å². The average molecular weight is 358 g/mol. The van der Waals surface area contributed by atoms with Gasteiger partial charge in [0.25, 0.3) is 0 Å². The third kappa shape index (κ3) is 18.7. The standard InChI is InChI=1S/C4H8O2.Cl4Te/c1-2-6-4-3-5-1;1-5(2,3)4/h1-4H2;. The number of rotatable bonds is 0. The summed E-state index contributed by atoms with van der Waals surface area (Å²) in [4.78, 5) is 0. The van der Waals surface area contributed by atoms with E-state index in [0.717, 1.165) is 26.4 Å². The van der Waals surface area contributed by atoms with E-state index in [4.69, 9.17) is 45.3 Å². The summed E-state index contributed by atoms with van der Waals surface area (Å²) in [5.41, 5.74) is 0. The van der Waals surface area contributed by atoms with E-state index in [1.807, 2.05) is 0 Å². The first-order chi connectivity index (χ1) is 5.00. The van der Waals surface area contributed by atoms with Gasteiger partial charge in [0.2, 0.25) is 0 Å². The van der Waals surface area contributed by atoms with Gasteiger partial charge < -0.3 is 9.47 Å². The van der Waals surface area contributed by atoms with Gasteiger partial charge in [-0.3, -0.25) is 0 Å². The van der Waals surface area contributed by atoms with Gasteiger partial charge in [0.05, 0.1) is 26.4 Å². The summed E-state index contributed by atoms with van der Waals surface area (Å²) in [5, 5.41) is 0. The van der Waals surface area contributed by atoms with Gasteiger partial charge in [0.15, 0.2) is 0 Å². The first-order valence-corrected chi connectivity index (χ1v) is 14.6. The zero-order valence-corrected chi connectivity index (χ0v) is 10.9. The van der Waals surface area contributed by atoms with E-state index in [0.29, 0.717) is 0 Å². The molecule has 0 bridgehead atoms. The van der Waals surface area contributed by atoms with Crippen LogP contribution in [0.4, 0.5) is 0 Å². The minimum absolute atomic E-state index is 0.778. The van der Waals surface area contributed by atoms with Crippen LogP contribution in [0, 0.1) is 0 Å². The van der Waals surface area contributed by atoms with Crippen molar-refractivity contribution in [2.45, 2.75) is 0 Å². The molecule has 0 amide bonds. The minimum atomic E-state index is -3.13. The van der Waals surface area contributed by atoms with Crippen molar-refractivity contribution in [2.24, 2.45) is 0 Å². The zero-order chi connectivity index (χ0) is 8.74. The molecule has 1 rings (SSSR count). The van der Waals surface area contributed by atoms with Gasteiger partial charge in [-0.2, -0.15) is 0 Å². The molecule has 1 fully saturated rings. The molecular weight excluding hydrogens is 349 g/mol. The fourth-order valence-corrected chi connectivity index (χ4v) is 0.440. The molecule has 0 saturated carbocycles. The van der Waals surface area contributed by atoms with Crippen molar-refractivity contribution in [1.82, 2.24) is 0 Å². The van der Waals surface area contributed by atoms with Crippen LogP contribution < -0.4 is 0 Å². The second-order valence-electron chi connectivity index (χ2n) is 1.57. The van der Waals surface area contributed by atoms with Crippen LogP contribution in [0.25, 0.3) is 0 Å². The number of hydrogen-bond acceptors (Lipinski definition) is 2. The Morgan fingerprint density at radius 1 is 0.727 bits per heavy atom. The van der Waals surface area contributed by atoms with Gasteiger partial charge in [0, 0.05) is 0 Å². The summed E-state index contributed by atoms with van der Waals surface area (Å²) < 4.78 is 9.89. The van der Waals surface area contributed by atoms with Crippen LogP contribution in [0.1, 0.15) is 0 Å². The Hall–Kier alpha value is 1.87. The average Bonchev–Trinajstić information content (AvgIpc) is 1.88. The SMILES string of the molecule is C1COCCO1.Cl[Te](Cl)(Cl)Cl. The third-order valence-electron chi connectivity index (χ3n) is 0.744. The fraction of sp³-hybridized carbons (Fsp3) is 1.00. The number of ether oxygens (including phenoxy) is 2. The van der Waals surface area contributed by atoms with Gasteiger partial charge in [0.1, 0.15) is 0 Å². The second kappa shape index (κ2) is 7.29. The number of hydrogen-bond donors (Lipinski definition) is 0. The topological polar surface area (TPSA) is 18.5 Å². The maximum atomic E-state index is 5.02. The Labute approximate surface area is 84.8 Å². The first-order valence-electron chi connectivity index (χ1n) is 2.77. The van der Waals surface area contributed by atoms with Gasteiger partial charge in [-0.05, 0) is 0 Å². The molecule has 0 aromatic rings. The van der Waals surface area contributed by atoms with Crippen molar-refractivity contribution in [3.63, 3.8) is 0 Å². The van der Waals surface area contributed by atoms with Gasteiger partial charge in [-0.25, -0.2) is 0 Å². The number of halogens is 4. The van der Waals surface area contributed by atoms with Gasteiger partial charge >= 0.3 is 49.6 Å². The van der Waals surface area contributed by atoms with E-state index in [1.54, 1.807) is 0 Å². The molecule has 0 aromatic heterocycles. The fourth-order valence-electron chi connectivity index (χ4n) is 0.440. The Bertz CT molecular complexity index is 75.1. The van der Waals surface area contributed by atoms with E-state index < -0.39 is 13.7 Å². The summed E-state index contributed by atoms with van der Waals surface area (Å²) in [7, 11) is 20.1. The van der Waals surface area contributed by atoms with Crippen molar-refractivity contribution in [3.8, 4) is 0 Å². The van der Waals surface area contributed by atoms with E-state index in [-0.39, 0.29) is 0 Å². The summed E-state index contributed by atoms with van der Waals surface area (Å²) >= 11 is -3.13. The summed E-state index contributed by atoms with van der Waals surface area (Å²) in [6.07, 6.45) is 0. The van der Waals surface area contributed by atoms with E-state index in [1.165, 1.54) is 0 Å². The molecule has 0 aliphatic carbocycles. The van der Waals surface area contributed by atoms with Crippen LogP contribution in [0.5, 0.6) is 0 Å². The first kappa shape index (κ1) is 12.9. The Morgan fingerprint density at radius 2 is 0.909 bits per heavy atom. The molecule has 7 heteroatoms. The van der Waals surface area contributed by atoms with Crippen LogP contribution in [0.2, 0.25) is 0 Å². The predicted octanol–water partition coefficient (Wildman–Crippen LogP) is 2.41. The van der Waals surface area contributed by atoms with Crippen LogP contribution >= 0.6 is 35.9 Å².